The van der Waals surface area contributed by atoms with Crippen molar-refractivity contribution >= 4 is 11.9 Å². The lowest BCUT2D eigenvalue weighted by Gasteiger charge is -2.23. The molecular weight excluding hydrogens is 404 g/mol. The Labute approximate surface area is 181 Å². The molecule has 0 aliphatic heterocycles. The highest BCUT2D eigenvalue weighted by atomic mass is 16.5. The zero-order valence-corrected chi connectivity index (χ0v) is 18.3. The number of methoxy groups -OCH3 is 5. The van der Waals surface area contributed by atoms with Crippen LogP contribution < -0.4 is 18.9 Å². The molecule has 0 fully saturated rings. The summed E-state index contributed by atoms with van der Waals surface area (Å²) < 4.78 is 26.0. The first kappa shape index (κ1) is 23.9. The van der Waals surface area contributed by atoms with Crippen molar-refractivity contribution in [1.82, 2.24) is 0 Å². The quantitative estimate of drug-likeness (QED) is 0.541. The first-order valence-electron chi connectivity index (χ1n) is 9.60. The molecule has 0 aromatic heterocycles. The van der Waals surface area contributed by atoms with Crippen LogP contribution >= 0.6 is 0 Å². The highest BCUT2D eigenvalue weighted by Crippen LogP contribution is 2.32. The molecule has 1 N–H and O–H groups in total. The monoisotopic (exact) mass is 432 g/mol. The molecule has 2 aromatic carbocycles. The van der Waals surface area contributed by atoms with Crippen LogP contribution in [0, 0.1) is 11.8 Å². The molecule has 0 heterocycles. The number of carbonyl (C=O) groups excluding carboxylic acids is 1. The van der Waals surface area contributed by atoms with Gasteiger partial charge in [0.15, 0.2) is 23.0 Å². The number of esters is 1. The summed E-state index contributed by atoms with van der Waals surface area (Å²) in [6.07, 6.45) is 0.278. The van der Waals surface area contributed by atoms with Crippen LogP contribution in [0.4, 0.5) is 0 Å². The standard InChI is InChI=1S/C23H28O8/c1-27-18-8-6-14(12-20(18)29-3)10-16(22(24)25)17(23(26)31-5)11-15-7-9-19(28-2)21(13-15)30-4/h6-9,12-13,16-17H,10-11H2,1-5H3,(H,24,25). The van der Waals surface area contributed by atoms with Crippen molar-refractivity contribution in [2.24, 2.45) is 11.8 Å². The van der Waals surface area contributed by atoms with E-state index in [0.29, 0.717) is 28.6 Å². The fourth-order valence-corrected chi connectivity index (χ4v) is 3.47. The van der Waals surface area contributed by atoms with Crippen molar-refractivity contribution in [3.63, 3.8) is 0 Å². The highest BCUT2D eigenvalue weighted by Gasteiger charge is 2.35. The van der Waals surface area contributed by atoms with Gasteiger partial charge in [-0.3, -0.25) is 9.59 Å². The predicted molar refractivity (Wildman–Crippen MR) is 113 cm³/mol. The molecule has 0 saturated carbocycles. The van der Waals surface area contributed by atoms with E-state index in [2.05, 4.69) is 0 Å². The number of benzene rings is 2. The molecule has 0 bridgehead atoms. The largest absolute Gasteiger partial charge is 0.493 e. The minimum Gasteiger partial charge on any atom is -0.493 e. The van der Waals surface area contributed by atoms with Gasteiger partial charge in [0.2, 0.25) is 0 Å². The third-order valence-corrected chi connectivity index (χ3v) is 5.11. The third kappa shape index (κ3) is 5.81. The average Bonchev–Trinajstić information content (AvgIpc) is 2.80. The summed E-state index contributed by atoms with van der Waals surface area (Å²) >= 11 is 0. The summed E-state index contributed by atoms with van der Waals surface area (Å²) in [4.78, 5) is 24.7. The molecular formula is C23H28O8. The number of ether oxygens (including phenoxy) is 5. The molecule has 168 valence electrons. The Hall–Kier alpha value is -3.42. The van der Waals surface area contributed by atoms with E-state index in [1.165, 1.54) is 35.5 Å². The van der Waals surface area contributed by atoms with Crippen LogP contribution in [0.1, 0.15) is 11.1 Å². The Morgan fingerprint density at radius 1 is 0.710 bits per heavy atom. The van der Waals surface area contributed by atoms with Crippen molar-refractivity contribution in [3.8, 4) is 23.0 Å². The van der Waals surface area contributed by atoms with Crippen LogP contribution in [0.5, 0.6) is 23.0 Å². The molecule has 0 aliphatic carbocycles. The number of aliphatic carboxylic acids is 1. The number of carboxylic acids is 1. The van der Waals surface area contributed by atoms with E-state index < -0.39 is 23.8 Å². The van der Waals surface area contributed by atoms with Crippen molar-refractivity contribution in [2.75, 3.05) is 35.5 Å². The molecule has 2 rings (SSSR count). The molecule has 8 heteroatoms. The lowest BCUT2D eigenvalue weighted by molar-refractivity contribution is -0.155. The second-order valence-electron chi connectivity index (χ2n) is 6.86. The molecule has 8 nitrogen and oxygen atoms in total. The van der Waals surface area contributed by atoms with Gasteiger partial charge in [0, 0.05) is 0 Å². The Bertz CT molecular complexity index is 908. The minimum atomic E-state index is -1.09. The summed E-state index contributed by atoms with van der Waals surface area (Å²) in [7, 11) is 7.31. The summed E-state index contributed by atoms with van der Waals surface area (Å²) in [5.41, 5.74) is 1.43. The van der Waals surface area contributed by atoms with Crippen LogP contribution in [-0.2, 0) is 27.2 Å². The molecule has 2 unspecified atom stereocenters. The SMILES string of the molecule is COC(=O)C(Cc1ccc(OC)c(OC)c1)C(Cc1ccc(OC)c(OC)c1)C(=O)O. The Balaban J connectivity index is 2.37. The van der Waals surface area contributed by atoms with Gasteiger partial charge in [-0.1, -0.05) is 12.1 Å². The zero-order valence-electron chi connectivity index (χ0n) is 18.3. The van der Waals surface area contributed by atoms with E-state index in [0.717, 1.165) is 5.56 Å². The smallest absolute Gasteiger partial charge is 0.309 e. The highest BCUT2D eigenvalue weighted by molar-refractivity contribution is 5.81. The van der Waals surface area contributed by atoms with Crippen molar-refractivity contribution in [3.05, 3.63) is 47.5 Å². The average molecular weight is 432 g/mol. The predicted octanol–water partition coefficient (Wildman–Crippen LogP) is 3.00. The maximum atomic E-state index is 12.6. The Morgan fingerprint density at radius 2 is 1.13 bits per heavy atom. The first-order valence-corrected chi connectivity index (χ1v) is 9.60. The zero-order chi connectivity index (χ0) is 23.0. The molecule has 0 radical (unpaired) electrons. The van der Waals surface area contributed by atoms with E-state index in [-0.39, 0.29) is 12.8 Å². The summed E-state index contributed by atoms with van der Waals surface area (Å²) in [5, 5.41) is 9.93. The summed E-state index contributed by atoms with van der Waals surface area (Å²) in [6.45, 7) is 0. The maximum absolute atomic E-state index is 12.6. The number of rotatable bonds is 11. The van der Waals surface area contributed by atoms with E-state index >= 15 is 0 Å². The van der Waals surface area contributed by atoms with Crippen molar-refractivity contribution in [2.45, 2.75) is 12.8 Å². The van der Waals surface area contributed by atoms with Crippen LogP contribution in [0.15, 0.2) is 36.4 Å². The van der Waals surface area contributed by atoms with Gasteiger partial charge >= 0.3 is 11.9 Å². The van der Waals surface area contributed by atoms with Gasteiger partial charge in [0.25, 0.3) is 0 Å². The van der Waals surface area contributed by atoms with Crippen LogP contribution in [0.2, 0.25) is 0 Å². The van der Waals surface area contributed by atoms with Gasteiger partial charge in [-0.15, -0.1) is 0 Å². The van der Waals surface area contributed by atoms with Crippen molar-refractivity contribution < 1.29 is 38.4 Å². The topological polar surface area (TPSA) is 101 Å². The molecule has 0 saturated heterocycles. The molecule has 0 spiro atoms. The van der Waals surface area contributed by atoms with E-state index in [1.807, 2.05) is 0 Å². The molecule has 2 aromatic rings. The lowest BCUT2D eigenvalue weighted by atomic mass is 9.82. The molecule has 31 heavy (non-hydrogen) atoms. The third-order valence-electron chi connectivity index (χ3n) is 5.11. The van der Waals surface area contributed by atoms with Gasteiger partial charge in [0.05, 0.1) is 47.4 Å². The normalized spacial score (nSPS) is 12.4. The second kappa shape index (κ2) is 11.1. The van der Waals surface area contributed by atoms with Gasteiger partial charge in [-0.05, 0) is 48.2 Å². The second-order valence-corrected chi connectivity index (χ2v) is 6.86. The van der Waals surface area contributed by atoms with E-state index in [1.54, 1.807) is 36.4 Å². The number of carbonyl (C=O) groups is 2. The first-order chi connectivity index (χ1) is 14.9. The lowest BCUT2D eigenvalue weighted by Crippen LogP contribution is -2.34. The summed E-state index contributed by atoms with van der Waals surface area (Å²) in [6, 6.07) is 10.4. The Kier molecular flexibility index (Phi) is 8.54. The van der Waals surface area contributed by atoms with Crippen LogP contribution in [0.25, 0.3) is 0 Å². The number of hydrogen-bond donors (Lipinski definition) is 1. The molecule has 0 amide bonds. The number of carboxylic acid groups (broad SMARTS) is 1. The Morgan fingerprint density at radius 3 is 1.48 bits per heavy atom. The summed E-state index contributed by atoms with van der Waals surface area (Å²) in [5.74, 6) is -1.55. The van der Waals surface area contributed by atoms with Gasteiger partial charge < -0.3 is 28.8 Å². The van der Waals surface area contributed by atoms with E-state index in [4.69, 9.17) is 23.7 Å². The maximum Gasteiger partial charge on any atom is 0.309 e. The van der Waals surface area contributed by atoms with E-state index in [9.17, 15) is 14.7 Å². The fraction of sp³-hybridized carbons (Fsp3) is 0.391. The van der Waals surface area contributed by atoms with Gasteiger partial charge in [0.1, 0.15) is 0 Å². The van der Waals surface area contributed by atoms with Gasteiger partial charge in [-0.25, -0.2) is 0 Å². The van der Waals surface area contributed by atoms with Crippen LogP contribution in [-0.4, -0.2) is 52.6 Å². The van der Waals surface area contributed by atoms with Crippen LogP contribution in [0.3, 0.4) is 0 Å². The van der Waals surface area contributed by atoms with Crippen molar-refractivity contribution in [1.29, 1.82) is 0 Å². The fourth-order valence-electron chi connectivity index (χ4n) is 3.47. The minimum absolute atomic E-state index is 0.114. The number of hydrogen-bond acceptors (Lipinski definition) is 7. The molecule has 0 aliphatic rings. The molecule has 2 atom stereocenters. The van der Waals surface area contributed by atoms with Gasteiger partial charge in [-0.2, -0.15) is 0 Å².